The number of aromatic nitrogens is 2. The van der Waals surface area contributed by atoms with Crippen molar-refractivity contribution in [3.05, 3.63) is 17.0 Å². The molecule has 0 radical (unpaired) electrons. The molecule has 0 N–H and O–H groups in total. The second-order valence-corrected chi connectivity index (χ2v) is 6.13. The van der Waals surface area contributed by atoms with Gasteiger partial charge in [0.05, 0.1) is 5.69 Å². The van der Waals surface area contributed by atoms with Crippen molar-refractivity contribution in [1.82, 2.24) is 9.78 Å². The molecule has 1 aromatic heterocycles. The fourth-order valence-corrected chi connectivity index (χ4v) is 3.69. The Balaban J connectivity index is 3.02. The van der Waals surface area contributed by atoms with E-state index < -0.39 is 0 Å². The van der Waals surface area contributed by atoms with Crippen LogP contribution in [0.15, 0.2) is 0 Å². The molecule has 2 nitrogen and oxygen atoms in total. The van der Waals surface area contributed by atoms with Crippen LogP contribution in [0.1, 0.15) is 63.4 Å². The van der Waals surface area contributed by atoms with Crippen LogP contribution in [0.4, 0.5) is 0 Å². The summed E-state index contributed by atoms with van der Waals surface area (Å²) in [4.78, 5) is 0. The summed E-state index contributed by atoms with van der Waals surface area (Å²) in [6.45, 7) is 12.1. The van der Waals surface area contributed by atoms with E-state index >= 15 is 0 Å². The molecule has 19 heavy (non-hydrogen) atoms. The minimum Gasteiger partial charge on any atom is -0.269 e. The van der Waals surface area contributed by atoms with E-state index in [-0.39, 0.29) is 0 Å². The highest BCUT2D eigenvalue weighted by molar-refractivity contribution is 7.80. The lowest BCUT2D eigenvalue weighted by Crippen LogP contribution is -2.30. The number of thiol groups is 1. The quantitative estimate of drug-likeness (QED) is 0.691. The molecule has 0 aromatic carbocycles. The van der Waals surface area contributed by atoms with Gasteiger partial charge in [0.25, 0.3) is 0 Å². The van der Waals surface area contributed by atoms with Gasteiger partial charge in [-0.1, -0.05) is 33.6 Å². The molecule has 0 aliphatic rings. The maximum absolute atomic E-state index is 4.76. The summed E-state index contributed by atoms with van der Waals surface area (Å²) in [5.41, 5.74) is 4.27. The predicted molar refractivity (Wildman–Crippen MR) is 87.2 cm³/mol. The molecule has 0 amide bonds. The van der Waals surface area contributed by atoms with E-state index in [9.17, 15) is 0 Å². The lowest BCUT2D eigenvalue weighted by molar-refractivity contribution is 0.219. The number of rotatable bonds is 8. The van der Waals surface area contributed by atoms with E-state index in [1.807, 2.05) is 0 Å². The molecule has 1 aromatic rings. The molecule has 0 saturated carbocycles. The molecule has 0 aliphatic carbocycles. The van der Waals surface area contributed by atoms with Crippen molar-refractivity contribution in [1.29, 1.82) is 0 Å². The fourth-order valence-electron chi connectivity index (χ4n) is 3.27. The van der Waals surface area contributed by atoms with Crippen LogP contribution in [-0.4, -0.2) is 15.5 Å². The van der Waals surface area contributed by atoms with Gasteiger partial charge in [-0.3, -0.25) is 4.68 Å². The largest absolute Gasteiger partial charge is 0.269 e. The zero-order valence-corrected chi connectivity index (χ0v) is 14.2. The molecular weight excluding hydrogens is 252 g/mol. The van der Waals surface area contributed by atoms with Crippen molar-refractivity contribution in [3.8, 4) is 0 Å². The van der Waals surface area contributed by atoms with Crippen LogP contribution in [0.2, 0.25) is 0 Å². The lowest BCUT2D eigenvalue weighted by atomic mass is 9.81. The molecule has 0 atom stereocenters. The van der Waals surface area contributed by atoms with E-state index in [1.165, 1.54) is 42.6 Å². The third kappa shape index (κ3) is 3.77. The molecule has 0 spiro atoms. The van der Waals surface area contributed by atoms with Gasteiger partial charge in [0.15, 0.2) is 0 Å². The molecule has 110 valence electrons. The van der Waals surface area contributed by atoms with Crippen LogP contribution in [0.25, 0.3) is 0 Å². The van der Waals surface area contributed by atoms with Gasteiger partial charge in [-0.2, -0.15) is 17.7 Å². The van der Waals surface area contributed by atoms with Crippen molar-refractivity contribution >= 4 is 12.6 Å². The normalized spacial score (nSPS) is 12.1. The number of hydrogen-bond donors (Lipinski definition) is 1. The van der Waals surface area contributed by atoms with E-state index in [0.717, 1.165) is 18.7 Å². The van der Waals surface area contributed by atoms with Crippen LogP contribution >= 0.6 is 12.6 Å². The average molecular weight is 282 g/mol. The van der Waals surface area contributed by atoms with E-state index in [4.69, 9.17) is 5.10 Å². The maximum atomic E-state index is 4.76. The van der Waals surface area contributed by atoms with Crippen molar-refractivity contribution in [2.75, 3.05) is 5.75 Å². The van der Waals surface area contributed by atoms with E-state index in [1.54, 1.807) is 0 Å². The second-order valence-electron chi connectivity index (χ2n) is 5.82. The first kappa shape index (κ1) is 16.6. The monoisotopic (exact) mass is 282 g/mol. The smallest absolute Gasteiger partial charge is 0.0628 e. The second kappa shape index (κ2) is 7.37. The average Bonchev–Trinajstić information content (AvgIpc) is 2.64. The van der Waals surface area contributed by atoms with Crippen molar-refractivity contribution in [2.45, 2.75) is 73.3 Å². The Morgan fingerprint density at radius 1 is 1.11 bits per heavy atom. The van der Waals surface area contributed by atoms with Crippen molar-refractivity contribution in [2.24, 2.45) is 5.41 Å². The Bertz CT molecular complexity index is 390. The minimum absolute atomic E-state index is 0.306. The molecule has 0 bridgehead atoms. The van der Waals surface area contributed by atoms with Gasteiger partial charge in [0.1, 0.15) is 0 Å². The molecule has 0 fully saturated rings. The third-order valence-electron chi connectivity index (χ3n) is 4.27. The summed E-state index contributed by atoms with van der Waals surface area (Å²) < 4.78 is 2.23. The minimum atomic E-state index is 0.306. The van der Waals surface area contributed by atoms with Gasteiger partial charge in [-0.15, -0.1) is 0 Å². The SMILES string of the molecule is CCCC(CS)(CCC)Cn1nc(C)c(CC)c1C. The van der Waals surface area contributed by atoms with Crippen LogP contribution in [0, 0.1) is 19.3 Å². The van der Waals surface area contributed by atoms with Gasteiger partial charge < -0.3 is 0 Å². The van der Waals surface area contributed by atoms with Gasteiger partial charge >= 0.3 is 0 Å². The highest BCUT2D eigenvalue weighted by Gasteiger charge is 2.28. The zero-order valence-electron chi connectivity index (χ0n) is 13.3. The highest BCUT2D eigenvalue weighted by Crippen LogP contribution is 2.34. The Morgan fingerprint density at radius 2 is 1.68 bits per heavy atom. The number of hydrogen-bond acceptors (Lipinski definition) is 2. The Morgan fingerprint density at radius 3 is 2.05 bits per heavy atom. The number of nitrogens with zero attached hydrogens (tertiary/aromatic N) is 2. The van der Waals surface area contributed by atoms with Crippen LogP contribution in [-0.2, 0) is 13.0 Å². The topological polar surface area (TPSA) is 17.8 Å². The van der Waals surface area contributed by atoms with Gasteiger partial charge in [-0.25, -0.2) is 0 Å². The molecule has 1 heterocycles. The first-order valence-corrected chi connectivity index (χ1v) is 8.30. The summed E-state index contributed by atoms with van der Waals surface area (Å²) in [6, 6.07) is 0. The molecule has 0 saturated heterocycles. The van der Waals surface area contributed by atoms with Crippen molar-refractivity contribution in [3.63, 3.8) is 0 Å². The molecule has 0 aliphatic heterocycles. The van der Waals surface area contributed by atoms with E-state index in [0.29, 0.717) is 5.41 Å². The fraction of sp³-hybridized carbons (Fsp3) is 0.812. The molecule has 3 heteroatoms. The first-order valence-electron chi connectivity index (χ1n) is 7.67. The third-order valence-corrected chi connectivity index (χ3v) is 4.94. The van der Waals surface area contributed by atoms with Gasteiger partial charge in [0, 0.05) is 12.2 Å². The predicted octanol–water partition coefficient (Wildman–Crippen LogP) is 4.58. The summed E-state index contributed by atoms with van der Waals surface area (Å²) in [7, 11) is 0. The van der Waals surface area contributed by atoms with Crippen LogP contribution in [0.5, 0.6) is 0 Å². The number of aryl methyl sites for hydroxylation is 1. The summed E-state index contributed by atoms with van der Waals surface area (Å²) in [6.07, 6.45) is 6.00. The summed E-state index contributed by atoms with van der Waals surface area (Å²) >= 11 is 4.65. The van der Waals surface area contributed by atoms with Crippen LogP contribution < -0.4 is 0 Å². The van der Waals surface area contributed by atoms with Gasteiger partial charge in [0.2, 0.25) is 0 Å². The van der Waals surface area contributed by atoms with Crippen molar-refractivity contribution < 1.29 is 0 Å². The lowest BCUT2D eigenvalue weighted by Gasteiger charge is -2.32. The Kier molecular flexibility index (Phi) is 6.45. The summed E-state index contributed by atoms with van der Waals surface area (Å²) in [5, 5.41) is 4.76. The van der Waals surface area contributed by atoms with Gasteiger partial charge in [-0.05, 0) is 49.8 Å². The molecule has 0 unspecified atom stereocenters. The molecular formula is C16H30N2S. The maximum Gasteiger partial charge on any atom is 0.0628 e. The Labute approximate surface area is 124 Å². The molecule has 1 rings (SSSR count). The van der Waals surface area contributed by atoms with Crippen LogP contribution in [0.3, 0.4) is 0 Å². The Hall–Kier alpha value is -0.440. The first-order chi connectivity index (χ1) is 9.03. The standard InChI is InChI=1S/C16H30N2S/c1-6-9-16(12-19,10-7-2)11-18-14(5)15(8-3)13(4)17-18/h19H,6-12H2,1-5H3. The summed E-state index contributed by atoms with van der Waals surface area (Å²) in [5.74, 6) is 0.953. The zero-order chi connectivity index (χ0) is 14.5. The highest BCUT2D eigenvalue weighted by atomic mass is 32.1. The van der Waals surface area contributed by atoms with E-state index in [2.05, 4.69) is 51.9 Å².